The van der Waals surface area contributed by atoms with Gasteiger partial charge in [-0.2, -0.15) is 0 Å². The van der Waals surface area contributed by atoms with Gasteiger partial charge in [0.25, 0.3) is 0 Å². The Kier molecular flexibility index (Phi) is 2.81. The van der Waals surface area contributed by atoms with Gasteiger partial charge in [0.1, 0.15) is 0 Å². The van der Waals surface area contributed by atoms with Gasteiger partial charge in [0.2, 0.25) is 0 Å². The zero-order valence-corrected chi connectivity index (χ0v) is 14.9. The lowest BCUT2D eigenvalue weighted by atomic mass is 10.1. The van der Waals surface area contributed by atoms with Crippen molar-refractivity contribution in [3.8, 4) is 0 Å². The van der Waals surface area contributed by atoms with E-state index in [4.69, 9.17) is 0 Å². The summed E-state index contributed by atoms with van der Waals surface area (Å²) in [6.07, 6.45) is 0. The minimum Gasteiger partial charge on any atom is -0.354 e. The second kappa shape index (κ2) is 5.07. The molecule has 3 heteroatoms. The first-order valence-electron chi connectivity index (χ1n) is 8.29. The molecule has 0 bridgehead atoms. The minimum absolute atomic E-state index is 1.21. The third-order valence-corrected chi connectivity index (χ3v) is 7.44. The van der Waals surface area contributed by atoms with Crippen LogP contribution >= 0.6 is 23.5 Å². The molecule has 1 N–H and O–H groups in total. The van der Waals surface area contributed by atoms with Crippen LogP contribution in [0.3, 0.4) is 0 Å². The number of aromatic nitrogens is 1. The molecule has 4 aromatic carbocycles. The topological polar surface area (TPSA) is 15.8 Å². The van der Waals surface area contributed by atoms with E-state index in [1.165, 1.54) is 52.2 Å². The van der Waals surface area contributed by atoms with Crippen molar-refractivity contribution >= 4 is 56.1 Å². The molecule has 1 aromatic heterocycles. The normalized spacial score (nSPS) is 13.3. The molecule has 25 heavy (non-hydrogen) atoms. The summed E-state index contributed by atoms with van der Waals surface area (Å²) in [5.41, 5.74) is 2.47. The lowest BCUT2D eigenvalue weighted by molar-refractivity contribution is 1.17. The summed E-state index contributed by atoms with van der Waals surface area (Å²) in [4.78, 5) is 9.08. The van der Waals surface area contributed by atoms with Crippen molar-refractivity contribution in [1.29, 1.82) is 0 Å². The highest BCUT2D eigenvalue weighted by atomic mass is 32.2. The fourth-order valence-corrected chi connectivity index (χ4v) is 5.99. The van der Waals surface area contributed by atoms with Gasteiger partial charge < -0.3 is 4.98 Å². The predicted octanol–water partition coefficient (Wildman–Crippen LogP) is 7.09. The van der Waals surface area contributed by atoms with Gasteiger partial charge in [0, 0.05) is 31.0 Å². The fraction of sp³-hybridized carbons (Fsp3) is 0. The maximum Gasteiger partial charge on any atom is 0.0618 e. The van der Waals surface area contributed by atoms with E-state index in [9.17, 15) is 0 Å². The Labute approximate surface area is 153 Å². The Balaban J connectivity index is 1.67. The Morgan fingerprint density at radius 2 is 1.32 bits per heavy atom. The molecule has 2 heterocycles. The van der Waals surface area contributed by atoms with E-state index in [-0.39, 0.29) is 0 Å². The fourth-order valence-electron chi connectivity index (χ4n) is 3.64. The van der Waals surface area contributed by atoms with Gasteiger partial charge in [0.15, 0.2) is 0 Å². The molecule has 1 nitrogen and oxygen atoms in total. The van der Waals surface area contributed by atoms with Crippen LogP contribution in [-0.2, 0) is 0 Å². The second-order valence-corrected chi connectivity index (χ2v) is 8.47. The number of fused-ring (bicyclic) bond motifs is 7. The number of rotatable bonds is 0. The first-order chi connectivity index (χ1) is 12.4. The number of benzene rings is 4. The molecule has 0 fully saturated rings. The molecule has 6 rings (SSSR count). The largest absolute Gasteiger partial charge is 0.354 e. The van der Waals surface area contributed by atoms with Crippen molar-refractivity contribution < 1.29 is 0 Å². The molecule has 0 saturated carbocycles. The molecule has 0 spiro atoms. The van der Waals surface area contributed by atoms with Crippen LogP contribution in [-0.4, -0.2) is 4.98 Å². The molecule has 0 aliphatic carbocycles. The van der Waals surface area contributed by atoms with Crippen molar-refractivity contribution in [3.05, 3.63) is 72.8 Å². The Hall–Kier alpha value is -2.36. The highest BCUT2D eigenvalue weighted by molar-refractivity contribution is 8.05. The molecule has 0 amide bonds. The quantitative estimate of drug-likeness (QED) is 0.313. The summed E-state index contributed by atoms with van der Waals surface area (Å²) in [6.45, 7) is 0. The number of hydrogen-bond acceptors (Lipinski definition) is 2. The third kappa shape index (κ3) is 2.00. The van der Waals surface area contributed by atoms with Crippen molar-refractivity contribution in [2.45, 2.75) is 19.6 Å². The van der Waals surface area contributed by atoms with E-state index >= 15 is 0 Å². The molecule has 0 atom stereocenters. The van der Waals surface area contributed by atoms with E-state index < -0.39 is 0 Å². The van der Waals surface area contributed by atoms with Crippen LogP contribution in [0.5, 0.6) is 0 Å². The van der Waals surface area contributed by atoms with Gasteiger partial charge in [-0.05, 0) is 41.1 Å². The number of H-pyrrole nitrogens is 1. The lowest BCUT2D eigenvalue weighted by Crippen LogP contribution is -1.89. The zero-order valence-electron chi connectivity index (χ0n) is 13.2. The predicted molar refractivity (Wildman–Crippen MR) is 108 cm³/mol. The van der Waals surface area contributed by atoms with Gasteiger partial charge in [0.05, 0.1) is 10.4 Å². The molecular weight excluding hydrogens is 342 g/mol. The highest BCUT2D eigenvalue weighted by Crippen LogP contribution is 2.51. The Morgan fingerprint density at radius 1 is 0.600 bits per heavy atom. The second-order valence-electron chi connectivity index (χ2n) is 6.34. The van der Waals surface area contributed by atoms with Crippen LogP contribution in [0.4, 0.5) is 0 Å². The highest BCUT2D eigenvalue weighted by Gasteiger charge is 2.20. The summed E-state index contributed by atoms with van der Waals surface area (Å²) < 4.78 is 0. The Bertz CT molecular complexity index is 1300. The molecule has 118 valence electrons. The number of aromatic amines is 1. The summed E-state index contributed by atoms with van der Waals surface area (Å²) >= 11 is 3.75. The average Bonchev–Trinajstić information content (AvgIpc) is 3.02. The maximum absolute atomic E-state index is 3.69. The number of hydrogen-bond donors (Lipinski definition) is 1. The average molecular weight is 355 g/mol. The standard InChI is InChI=1S/C22H13NS2/c1-2-6-14-12-17-16(11-13(14)5-1)15-9-10-20-22(21(15)23-17)25-19-8-4-3-7-18(19)24-20/h1-12,23H. The summed E-state index contributed by atoms with van der Waals surface area (Å²) in [6, 6.07) is 26.3. The zero-order chi connectivity index (χ0) is 16.4. The van der Waals surface area contributed by atoms with Gasteiger partial charge >= 0.3 is 0 Å². The molecular formula is C22H13NS2. The van der Waals surface area contributed by atoms with Gasteiger partial charge in [-0.1, -0.05) is 66.0 Å². The first-order valence-corrected chi connectivity index (χ1v) is 9.92. The molecule has 0 radical (unpaired) electrons. The van der Waals surface area contributed by atoms with Gasteiger partial charge in [-0.25, -0.2) is 0 Å². The van der Waals surface area contributed by atoms with Crippen LogP contribution in [0.1, 0.15) is 0 Å². The van der Waals surface area contributed by atoms with Crippen LogP contribution < -0.4 is 0 Å². The molecule has 0 unspecified atom stereocenters. The summed E-state index contributed by atoms with van der Waals surface area (Å²) in [5.74, 6) is 0. The van der Waals surface area contributed by atoms with Gasteiger partial charge in [-0.15, -0.1) is 0 Å². The van der Waals surface area contributed by atoms with Gasteiger partial charge in [-0.3, -0.25) is 0 Å². The molecule has 1 aliphatic heterocycles. The van der Waals surface area contributed by atoms with Crippen LogP contribution in [0.25, 0.3) is 32.6 Å². The van der Waals surface area contributed by atoms with Crippen molar-refractivity contribution in [3.63, 3.8) is 0 Å². The summed E-state index contributed by atoms with van der Waals surface area (Å²) in [7, 11) is 0. The lowest BCUT2D eigenvalue weighted by Gasteiger charge is -2.18. The van der Waals surface area contributed by atoms with E-state index in [0.717, 1.165) is 0 Å². The Morgan fingerprint density at radius 3 is 2.16 bits per heavy atom. The van der Waals surface area contributed by atoms with Crippen LogP contribution in [0.2, 0.25) is 0 Å². The van der Waals surface area contributed by atoms with Crippen molar-refractivity contribution in [2.24, 2.45) is 0 Å². The third-order valence-electron chi connectivity index (χ3n) is 4.84. The van der Waals surface area contributed by atoms with Crippen molar-refractivity contribution in [2.75, 3.05) is 0 Å². The minimum atomic E-state index is 1.21. The smallest absolute Gasteiger partial charge is 0.0618 e. The molecule has 5 aromatic rings. The van der Waals surface area contributed by atoms with Crippen LogP contribution in [0.15, 0.2) is 92.4 Å². The summed E-state index contributed by atoms with van der Waals surface area (Å²) in [5, 5.41) is 5.19. The van der Waals surface area contributed by atoms with E-state index in [1.54, 1.807) is 0 Å². The maximum atomic E-state index is 3.69. The van der Waals surface area contributed by atoms with E-state index in [1.807, 2.05) is 23.5 Å². The van der Waals surface area contributed by atoms with E-state index in [2.05, 4.69) is 77.8 Å². The monoisotopic (exact) mass is 355 g/mol. The van der Waals surface area contributed by atoms with Crippen molar-refractivity contribution in [1.82, 2.24) is 4.98 Å². The van der Waals surface area contributed by atoms with Crippen LogP contribution in [0, 0.1) is 0 Å². The number of nitrogens with one attached hydrogen (secondary N) is 1. The SMILES string of the molecule is c1ccc2c(c1)Sc1ccc3c([nH]c4cc5ccccc5cc43)c1S2. The molecule has 0 saturated heterocycles. The first kappa shape index (κ1) is 13.9. The molecule has 1 aliphatic rings. The van der Waals surface area contributed by atoms with E-state index in [0.29, 0.717) is 0 Å².